The van der Waals surface area contributed by atoms with Crippen molar-refractivity contribution in [2.45, 2.75) is 51.5 Å². The monoisotopic (exact) mass is 267 g/mol. The Kier molecular flexibility index (Phi) is 4.07. The van der Waals surface area contributed by atoms with Gasteiger partial charge in [0.15, 0.2) is 0 Å². The molecule has 0 aromatic heterocycles. The maximum atomic E-state index is 6.49. The lowest BCUT2D eigenvalue weighted by molar-refractivity contribution is 0.455. The molecule has 3 rings (SSSR count). The molecule has 1 atom stereocenters. The molecule has 1 saturated carbocycles. The van der Waals surface area contributed by atoms with Gasteiger partial charge in [-0.25, -0.2) is 0 Å². The molecule has 0 aliphatic heterocycles. The van der Waals surface area contributed by atoms with Crippen LogP contribution in [0.2, 0.25) is 0 Å². The Morgan fingerprint density at radius 2 is 1.75 bits per heavy atom. The molecule has 1 fully saturated rings. The van der Waals surface area contributed by atoms with E-state index in [2.05, 4.69) is 43.3 Å². The fourth-order valence-electron chi connectivity index (χ4n) is 3.67. The molecule has 106 valence electrons. The van der Waals surface area contributed by atoms with E-state index >= 15 is 0 Å². The van der Waals surface area contributed by atoms with E-state index in [-0.39, 0.29) is 6.04 Å². The van der Waals surface area contributed by atoms with Crippen molar-refractivity contribution in [2.75, 3.05) is 0 Å². The molecule has 0 radical (unpaired) electrons. The van der Waals surface area contributed by atoms with Crippen LogP contribution in [0.4, 0.5) is 0 Å². The zero-order valence-electron chi connectivity index (χ0n) is 12.4. The standard InChI is InChI=1S/C19H25N/c1-14-10-12-18(17-9-5-4-8-16(14)17)19(20)13-11-15-6-2-3-7-15/h4-5,8-10,12,15,19H,2-3,6-7,11,13,20H2,1H3. The zero-order valence-corrected chi connectivity index (χ0v) is 12.4. The molecule has 1 nitrogen and oxygen atoms in total. The molecule has 0 amide bonds. The van der Waals surface area contributed by atoms with Crippen LogP contribution in [-0.4, -0.2) is 0 Å². The highest BCUT2D eigenvalue weighted by Crippen LogP contribution is 2.33. The molecule has 0 spiro atoms. The Morgan fingerprint density at radius 1 is 1.05 bits per heavy atom. The molecule has 2 aromatic carbocycles. The summed E-state index contributed by atoms with van der Waals surface area (Å²) in [5.74, 6) is 0.928. The third-order valence-electron chi connectivity index (χ3n) is 4.94. The largest absolute Gasteiger partial charge is 0.324 e. The van der Waals surface area contributed by atoms with Gasteiger partial charge < -0.3 is 5.73 Å². The molecule has 0 bridgehead atoms. The number of nitrogens with two attached hydrogens (primary N) is 1. The Labute approximate surface area is 122 Å². The van der Waals surface area contributed by atoms with Crippen LogP contribution >= 0.6 is 0 Å². The first-order valence-electron chi connectivity index (χ1n) is 7.99. The van der Waals surface area contributed by atoms with Crippen molar-refractivity contribution in [3.63, 3.8) is 0 Å². The van der Waals surface area contributed by atoms with Crippen LogP contribution in [0.25, 0.3) is 10.8 Å². The van der Waals surface area contributed by atoms with Crippen molar-refractivity contribution < 1.29 is 0 Å². The number of hydrogen-bond acceptors (Lipinski definition) is 1. The van der Waals surface area contributed by atoms with Gasteiger partial charge in [0.05, 0.1) is 0 Å². The predicted molar refractivity (Wildman–Crippen MR) is 86.8 cm³/mol. The lowest BCUT2D eigenvalue weighted by Crippen LogP contribution is -2.12. The third kappa shape index (κ3) is 2.73. The Balaban J connectivity index is 1.80. The minimum atomic E-state index is 0.182. The van der Waals surface area contributed by atoms with E-state index in [4.69, 9.17) is 5.73 Å². The summed E-state index contributed by atoms with van der Waals surface area (Å²) >= 11 is 0. The Hall–Kier alpha value is -1.34. The summed E-state index contributed by atoms with van der Waals surface area (Å²) < 4.78 is 0. The summed E-state index contributed by atoms with van der Waals surface area (Å²) in [4.78, 5) is 0. The van der Waals surface area contributed by atoms with Crippen LogP contribution in [0.1, 0.15) is 55.7 Å². The Bertz CT molecular complexity index is 581. The fraction of sp³-hybridized carbons (Fsp3) is 0.474. The van der Waals surface area contributed by atoms with Crippen molar-refractivity contribution in [1.82, 2.24) is 0 Å². The average Bonchev–Trinajstić information content (AvgIpc) is 2.99. The van der Waals surface area contributed by atoms with Crippen LogP contribution in [0.5, 0.6) is 0 Å². The molecule has 20 heavy (non-hydrogen) atoms. The minimum absolute atomic E-state index is 0.182. The summed E-state index contributed by atoms with van der Waals surface area (Å²) in [6, 6.07) is 13.3. The van der Waals surface area contributed by atoms with E-state index in [1.165, 1.54) is 54.0 Å². The van der Waals surface area contributed by atoms with Gasteiger partial charge in [-0.3, -0.25) is 0 Å². The lowest BCUT2D eigenvalue weighted by Gasteiger charge is -2.18. The second-order valence-electron chi connectivity index (χ2n) is 6.35. The first kappa shape index (κ1) is 13.6. The van der Waals surface area contributed by atoms with Crippen molar-refractivity contribution in [1.29, 1.82) is 0 Å². The predicted octanol–water partition coefficient (Wildman–Crippen LogP) is 5.12. The average molecular weight is 267 g/mol. The highest BCUT2D eigenvalue weighted by molar-refractivity contribution is 5.88. The minimum Gasteiger partial charge on any atom is -0.324 e. The van der Waals surface area contributed by atoms with Crippen LogP contribution in [0.3, 0.4) is 0 Å². The number of hydrogen-bond donors (Lipinski definition) is 1. The van der Waals surface area contributed by atoms with Gasteiger partial charge in [0.2, 0.25) is 0 Å². The molecule has 1 aliphatic rings. The number of benzene rings is 2. The number of rotatable bonds is 4. The van der Waals surface area contributed by atoms with Gasteiger partial charge in [0, 0.05) is 6.04 Å². The maximum absolute atomic E-state index is 6.49. The highest BCUT2D eigenvalue weighted by atomic mass is 14.6. The molecule has 1 unspecified atom stereocenters. The fourth-order valence-corrected chi connectivity index (χ4v) is 3.67. The van der Waals surface area contributed by atoms with Gasteiger partial charge in [0.1, 0.15) is 0 Å². The maximum Gasteiger partial charge on any atom is 0.0301 e. The van der Waals surface area contributed by atoms with Crippen LogP contribution < -0.4 is 5.73 Å². The van der Waals surface area contributed by atoms with E-state index in [1.54, 1.807) is 0 Å². The molecule has 1 aliphatic carbocycles. The molecule has 2 aromatic rings. The first-order chi connectivity index (χ1) is 9.75. The topological polar surface area (TPSA) is 26.0 Å². The van der Waals surface area contributed by atoms with Crippen LogP contribution in [0.15, 0.2) is 36.4 Å². The SMILES string of the molecule is Cc1ccc(C(N)CCC2CCCC2)c2ccccc12. The van der Waals surface area contributed by atoms with Crippen molar-refractivity contribution in [3.05, 3.63) is 47.5 Å². The van der Waals surface area contributed by atoms with Gasteiger partial charge in [-0.1, -0.05) is 62.1 Å². The first-order valence-corrected chi connectivity index (χ1v) is 7.99. The van der Waals surface area contributed by atoms with Crippen LogP contribution in [-0.2, 0) is 0 Å². The van der Waals surface area contributed by atoms with Crippen molar-refractivity contribution >= 4 is 10.8 Å². The van der Waals surface area contributed by atoms with Gasteiger partial charge in [-0.2, -0.15) is 0 Å². The van der Waals surface area contributed by atoms with Gasteiger partial charge in [-0.15, -0.1) is 0 Å². The van der Waals surface area contributed by atoms with Crippen molar-refractivity contribution in [3.8, 4) is 0 Å². The summed E-state index contributed by atoms with van der Waals surface area (Å²) in [6.07, 6.45) is 8.10. The van der Waals surface area contributed by atoms with E-state index in [0.717, 1.165) is 12.3 Å². The molecule has 0 heterocycles. The summed E-state index contributed by atoms with van der Waals surface area (Å²) in [7, 11) is 0. The molecule has 2 N–H and O–H groups in total. The zero-order chi connectivity index (χ0) is 13.9. The third-order valence-corrected chi connectivity index (χ3v) is 4.94. The van der Waals surface area contributed by atoms with E-state index in [0.29, 0.717) is 0 Å². The second-order valence-corrected chi connectivity index (χ2v) is 6.35. The number of fused-ring (bicyclic) bond motifs is 1. The van der Waals surface area contributed by atoms with Gasteiger partial charge >= 0.3 is 0 Å². The lowest BCUT2D eigenvalue weighted by atomic mass is 9.91. The molecular formula is C19H25N. The van der Waals surface area contributed by atoms with E-state index in [9.17, 15) is 0 Å². The summed E-state index contributed by atoms with van der Waals surface area (Å²) in [5, 5.41) is 2.69. The van der Waals surface area contributed by atoms with E-state index < -0.39 is 0 Å². The van der Waals surface area contributed by atoms with Crippen molar-refractivity contribution in [2.24, 2.45) is 11.7 Å². The summed E-state index contributed by atoms with van der Waals surface area (Å²) in [6.45, 7) is 2.18. The molecule has 1 heteroatoms. The summed E-state index contributed by atoms with van der Waals surface area (Å²) in [5.41, 5.74) is 9.15. The number of aryl methyl sites for hydroxylation is 1. The van der Waals surface area contributed by atoms with Crippen LogP contribution in [0, 0.1) is 12.8 Å². The molecule has 0 saturated heterocycles. The quantitative estimate of drug-likeness (QED) is 0.817. The van der Waals surface area contributed by atoms with E-state index in [1.807, 2.05) is 0 Å². The highest BCUT2D eigenvalue weighted by Gasteiger charge is 2.17. The second kappa shape index (κ2) is 5.97. The molecular weight excluding hydrogens is 242 g/mol. The van der Waals surface area contributed by atoms with Gasteiger partial charge in [0.25, 0.3) is 0 Å². The smallest absolute Gasteiger partial charge is 0.0301 e. The normalized spacial score (nSPS) is 17.7. The Morgan fingerprint density at radius 3 is 2.50 bits per heavy atom. The van der Waals surface area contributed by atoms with Gasteiger partial charge in [-0.05, 0) is 47.6 Å².